The summed E-state index contributed by atoms with van der Waals surface area (Å²) in [6.45, 7) is 8.68. The van der Waals surface area contributed by atoms with Gasteiger partial charge in [-0.25, -0.2) is 0 Å². The number of rotatable bonds is 3. The lowest BCUT2D eigenvalue weighted by molar-refractivity contribution is 0.914. The molecule has 0 amide bonds. The van der Waals surface area contributed by atoms with Crippen LogP contribution in [0.4, 0.5) is 0 Å². The van der Waals surface area contributed by atoms with Crippen molar-refractivity contribution in [3.05, 3.63) is 167 Å². The molecule has 2 aliphatic rings. The predicted molar refractivity (Wildman–Crippen MR) is 182 cm³/mol. The number of allylic oxidation sites excluding steroid dienone is 5. The van der Waals surface area contributed by atoms with E-state index >= 15 is 0 Å². The summed E-state index contributed by atoms with van der Waals surface area (Å²) in [6, 6.07) is 37.8. The molecule has 1 unspecified atom stereocenters. The van der Waals surface area contributed by atoms with Gasteiger partial charge < -0.3 is 0 Å². The Morgan fingerprint density at radius 2 is 1.50 bits per heavy atom. The third-order valence-corrected chi connectivity index (χ3v) is 9.19. The Balaban J connectivity index is 1.27. The molecule has 0 radical (unpaired) electrons. The van der Waals surface area contributed by atoms with Crippen LogP contribution in [0.5, 0.6) is 0 Å². The molecule has 0 spiro atoms. The summed E-state index contributed by atoms with van der Waals surface area (Å²) in [6.07, 6.45) is 8.84. The minimum Gasteiger partial charge on any atom is -0.108 e. The highest BCUT2D eigenvalue weighted by Gasteiger charge is 2.23. The fourth-order valence-electron chi connectivity index (χ4n) is 7.01. The number of benzene rings is 6. The SMILES string of the molecule is C=Cc1ccc(-c2ccc3c(c2)C(C)C2=C=C3C=CC(c3cccc4ccccc34)=C2)c2ccc3cccc(C)c3c12. The average molecular weight is 535 g/mol. The van der Waals surface area contributed by atoms with Crippen molar-refractivity contribution in [3.63, 3.8) is 0 Å². The van der Waals surface area contributed by atoms with Crippen LogP contribution in [0, 0.1) is 6.92 Å². The third-order valence-electron chi connectivity index (χ3n) is 9.19. The summed E-state index contributed by atoms with van der Waals surface area (Å²) in [7, 11) is 0. The molecular formula is C42H30. The van der Waals surface area contributed by atoms with Gasteiger partial charge in [0.05, 0.1) is 0 Å². The van der Waals surface area contributed by atoms with E-state index in [1.807, 2.05) is 6.08 Å². The zero-order valence-electron chi connectivity index (χ0n) is 23.9. The molecule has 0 heterocycles. The summed E-state index contributed by atoms with van der Waals surface area (Å²) in [5.41, 5.74) is 16.2. The number of hydrogen-bond donors (Lipinski definition) is 0. The molecule has 42 heavy (non-hydrogen) atoms. The van der Waals surface area contributed by atoms with Crippen LogP contribution in [0.3, 0.4) is 0 Å². The molecule has 0 nitrogen and oxygen atoms in total. The molecular weight excluding hydrogens is 504 g/mol. The lowest BCUT2D eigenvalue weighted by Gasteiger charge is -2.22. The third kappa shape index (κ3) is 3.70. The van der Waals surface area contributed by atoms with E-state index in [4.69, 9.17) is 0 Å². The molecule has 0 saturated heterocycles. The van der Waals surface area contributed by atoms with Crippen molar-refractivity contribution < 1.29 is 0 Å². The number of fused-ring (bicyclic) bond motifs is 6. The first-order chi connectivity index (χ1) is 20.6. The maximum atomic E-state index is 4.15. The van der Waals surface area contributed by atoms with Crippen molar-refractivity contribution >= 4 is 49.5 Å². The van der Waals surface area contributed by atoms with Gasteiger partial charge in [0, 0.05) is 17.1 Å². The molecule has 0 saturated carbocycles. The van der Waals surface area contributed by atoms with Crippen molar-refractivity contribution in [2.24, 2.45) is 0 Å². The maximum absolute atomic E-state index is 4.15. The van der Waals surface area contributed by atoms with Crippen LogP contribution in [-0.2, 0) is 0 Å². The summed E-state index contributed by atoms with van der Waals surface area (Å²) in [5, 5.41) is 7.69. The second-order valence-electron chi connectivity index (χ2n) is 11.5. The summed E-state index contributed by atoms with van der Waals surface area (Å²) >= 11 is 0. The van der Waals surface area contributed by atoms with Gasteiger partial charge in [-0.2, -0.15) is 0 Å². The van der Waals surface area contributed by atoms with Gasteiger partial charge in [-0.1, -0.05) is 123 Å². The minimum atomic E-state index is 0.232. The highest BCUT2D eigenvalue weighted by atomic mass is 14.3. The zero-order valence-corrected chi connectivity index (χ0v) is 23.9. The Labute approximate surface area is 247 Å². The molecule has 0 aliphatic heterocycles. The van der Waals surface area contributed by atoms with Gasteiger partial charge in [-0.3, -0.25) is 0 Å². The Kier molecular flexibility index (Phi) is 5.54. The van der Waals surface area contributed by atoms with Crippen LogP contribution in [0.25, 0.3) is 60.7 Å². The normalized spacial score (nSPS) is 15.7. The van der Waals surface area contributed by atoms with E-state index in [0.717, 1.165) is 5.57 Å². The lowest BCUT2D eigenvalue weighted by atomic mass is 9.81. The first-order valence-electron chi connectivity index (χ1n) is 14.7. The van der Waals surface area contributed by atoms with E-state index in [1.165, 1.54) is 82.4 Å². The average Bonchev–Trinajstić information content (AvgIpc) is 3.24. The Morgan fingerprint density at radius 1 is 0.690 bits per heavy atom. The second-order valence-corrected chi connectivity index (χ2v) is 11.5. The Morgan fingerprint density at radius 3 is 2.40 bits per heavy atom. The van der Waals surface area contributed by atoms with E-state index in [1.54, 1.807) is 0 Å². The first-order valence-corrected chi connectivity index (χ1v) is 14.7. The highest BCUT2D eigenvalue weighted by molar-refractivity contribution is 6.16. The molecule has 0 N–H and O–H groups in total. The maximum Gasteiger partial charge on any atom is 0.0243 e. The fourth-order valence-corrected chi connectivity index (χ4v) is 7.01. The highest BCUT2D eigenvalue weighted by Crippen LogP contribution is 2.43. The van der Waals surface area contributed by atoms with Gasteiger partial charge >= 0.3 is 0 Å². The molecule has 6 aromatic carbocycles. The van der Waals surface area contributed by atoms with Gasteiger partial charge in [-0.15, -0.1) is 5.73 Å². The standard InChI is InChI=1S/C42H30/c1-4-28-17-20-37(39-22-18-30-12-7-9-26(2)41(30)42(28)39)33-19-21-38-32-16-15-31(23-34(24-32)27(3)40(38)25-33)36-14-8-11-29-10-5-6-13-35(29)36/h4-23,25,27H,1H2,2-3H3. The van der Waals surface area contributed by atoms with Crippen molar-refractivity contribution in [1.82, 2.24) is 0 Å². The summed E-state index contributed by atoms with van der Waals surface area (Å²) < 4.78 is 0. The second kappa shape index (κ2) is 9.45. The molecule has 2 aliphatic carbocycles. The van der Waals surface area contributed by atoms with Crippen LogP contribution < -0.4 is 0 Å². The minimum absolute atomic E-state index is 0.232. The van der Waals surface area contributed by atoms with Gasteiger partial charge in [0.25, 0.3) is 0 Å². The topological polar surface area (TPSA) is 0 Å². The quantitative estimate of drug-likeness (QED) is 0.156. The zero-order chi connectivity index (χ0) is 28.4. The van der Waals surface area contributed by atoms with E-state index in [-0.39, 0.29) is 5.92 Å². The molecule has 0 aromatic heterocycles. The van der Waals surface area contributed by atoms with Crippen LogP contribution in [0.2, 0.25) is 0 Å². The van der Waals surface area contributed by atoms with Crippen molar-refractivity contribution in [3.8, 4) is 11.1 Å². The first kappa shape index (κ1) is 24.6. The molecule has 2 bridgehead atoms. The molecule has 0 fully saturated rings. The van der Waals surface area contributed by atoms with Crippen LogP contribution in [0.15, 0.2) is 139 Å². The van der Waals surface area contributed by atoms with E-state index in [9.17, 15) is 0 Å². The van der Waals surface area contributed by atoms with Crippen LogP contribution >= 0.6 is 0 Å². The van der Waals surface area contributed by atoms with Crippen molar-refractivity contribution in [2.45, 2.75) is 19.8 Å². The van der Waals surface area contributed by atoms with Crippen LogP contribution in [-0.4, -0.2) is 0 Å². The van der Waals surface area contributed by atoms with Gasteiger partial charge in [-0.05, 0) is 102 Å². The smallest absolute Gasteiger partial charge is 0.0243 e. The fraction of sp³-hybridized carbons (Fsp3) is 0.0714. The predicted octanol–water partition coefficient (Wildman–Crippen LogP) is 11.4. The molecule has 1 atom stereocenters. The van der Waals surface area contributed by atoms with Crippen molar-refractivity contribution in [2.75, 3.05) is 0 Å². The lowest BCUT2D eigenvalue weighted by Crippen LogP contribution is -2.04. The van der Waals surface area contributed by atoms with E-state index in [2.05, 4.69) is 148 Å². The number of aryl methyl sites for hydroxylation is 1. The van der Waals surface area contributed by atoms with Gasteiger partial charge in [0.2, 0.25) is 0 Å². The van der Waals surface area contributed by atoms with Gasteiger partial charge in [0.15, 0.2) is 0 Å². The molecule has 198 valence electrons. The van der Waals surface area contributed by atoms with Crippen LogP contribution in [0.1, 0.15) is 40.7 Å². The monoisotopic (exact) mass is 534 g/mol. The molecule has 0 heteroatoms. The largest absolute Gasteiger partial charge is 0.108 e. The Bertz CT molecular complexity index is 2250. The van der Waals surface area contributed by atoms with E-state index < -0.39 is 0 Å². The van der Waals surface area contributed by atoms with Crippen molar-refractivity contribution in [1.29, 1.82) is 0 Å². The Hall–Kier alpha value is -5.16. The van der Waals surface area contributed by atoms with E-state index in [0.29, 0.717) is 0 Å². The summed E-state index contributed by atoms with van der Waals surface area (Å²) in [4.78, 5) is 0. The molecule has 6 aromatic rings. The van der Waals surface area contributed by atoms with Gasteiger partial charge in [0.1, 0.15) is 0 Å². The molecule has 8 rings (SSSR count). The number of hydrogen-bond acceptors (Lipinski definition) is 0. The summed E-state index contributed by atoms with van der Waals surface area (Å²) in [5.74, 6) is 0.232.